The van der Waals surface area contributed by atoms with Gasteiger partial charge in [0.2, 0.25) is 10.0 Å². The van der Waals surface area contributed by atoms with E-state index in [1.165, 1.54) is 46.6 Å². The Morgan fingerprint density at radius 1 is 1.10 bits per heavy atom. The molecule has 0 saturated heterocycles. The van der Waals surface area contributed by atoms with Gasteiger partial charge >= 0.3 is 6.03 Å². The highest BCUT2D eigenvalue weighted by molar-refractivity contribution is 7.89. The zero-order valence-electron chi connectivity index (χ0n) is 22.1. The SMILES string of the molecule is C[C@H](CO)N1C[C@H](C)[C@@H](CN(C)C(=O)Nc2cc(F)ccc2F)Oc2cc(-c3cccc(F)c3)ccc2S1(=O)=O. The number of amides is 2. The van der Waals surface area contributed by atoms with Gasteiger partial charge in [-0.2, -0.15) is 4.31 Å². The Morgan fingerprint density at radius 2 is 1.80 bits per heavy atom. The number of aliphatic hydroxyl groups excluding tert-OH is 1. The molecule has 12 heteroatoms. The summed E-state index contributed by atoms with van der Waals surface area (Å²) in [4.78, 5) is 13.9. The Hall–Kier alpha value is -3.61. The number of fused-ring (bicyclic) bond motifs is 1. The van der Waals surface area contributed by atoms with E-state index in [9.17, 15) is 31.5 Å². The first-order chi connectivity index (χ1) is 18.9. The molecule has 4 rings (SSSR count). The summed E-state index contributed by atoms with van der Waals surface area (Å²) in [7, 11) is -2.67. The van der Waals surface area contributed by atoms with Crippen LogP contribution >= 0.6 is 0 Å². The molecule has 40 heavy (non-hydrogen) atoms. The topological polar surface area (TPSA) is 99.2 Å². The maximum Gasteiger partial charge on any atom is 0.321 e. The molecule has 214 valence electrons. The lowest BCUT2D eigenvalue weighted by Crippen LogP contribution is -2.50. The molecule has 8 nitrogen and oxygen atoms in total. The van der Waals surface area contributed by atoms with Crippen molar-refractivity contribution in [1.82, 2.24) is 9.21 Å². The second kappa shape index (κ2) is 11.9. The number of anilines is 1. The highest BCUT2D eigenvalue weighted by Gasteiger charge is 2.38. The first-order valence-corrected chi connectivity index (χ1v) is 14.0. The number of ether oxygens (including phenoxy) is 1. The maximum absolute atomic E-state index is 14.1. The average molecular weight is 578 g/mol. The summed E-state index contributed by atoms with van der Waals surface area (Å²) in [6, 6.07) is 11.4. The number of hydrogen-bond donors (Lipinski definition) is 2. The minimum Gasteiger partial charge on any atom is -0.487 e. The van der Waals surface area contributed by atoms with E-state index in [2.05, 4.69) is 5.32 Å². The van der Waals surface area contributed by atoms with E-state index in [4.69, 9.17) is 4.74 Å². The summed E-state index contributed by atoms with van der Waals surface area (Å²) in [5.41, 5.74) is 0.683. The van der Waals surface area contributed by atoms with Gasteiger partial charge in [-0.15, -0.1) is 0 Å². The van der Waals surface area contributed by atoms with E-state index in [1.54, 1.807) is 26.0 Å². The molecule has 0 aliphatic carbocycles. The normalized spacial score (nSPS) is 19.5. The number of carbonyl (C=O) groups excluding carboxylic acids is 1. The third-order valence-corrected chi connectivity index (χ3v) is 8.82. The van der Waals surface area contributed by atoms with Crippen molar-refractivity contribution in [2.24, 2.45) is 5.92 Å². The van der Waals surface area contributed by atoms with Crippen molar-refractivity contribution in [3.8, 4) is 16.9 Å². The molecule has 2 N–H and O–H groups in total. The molecule has 0 saturated carbocycles. The van der Waals surface area contributed by atoms with Crippen LogP contribution in [0.25, 0.3) is 11.1 Å². The standard InChI is InChI=1S/C28H30F3N3O5S/c1-17-14-34(18(2)16-35)40(37,38)27-10-7-20(19-5-4-6-21(29)11-19)12-25(27)39-26(17)15-33(3)28(36)32-24-13-22(30)8-9-23(24)31/h4-13,17-18,26,35H,14-16H2,1-3H3,(H,32,36)/t17-,18+,26+/m0/s1. The third-order valence-electron chi connectivity index (χ3n) is 6.80. The lowest BCUT2D eigenvalue weighted by molar-refractivity contribution is 0.0830. The monoisotopic (exact) mass is 577 g/mol. The van der Waals surface area contributed by atoms with Gasteiger partial charge in [0.25, 0.3) is 0 Å². The first kappa shape index (κ1) is 29.4. The van der Waals surface area contributed by atoms with Gasteiger partial charge in [-0.05, 0) is 54.4 Å². The summed E-state index contributed by atoms with van der Waals surface area (Å²) in [5, 5.41) is 12.1. The number of benzene rings is 3. The number of urea groups is 1. The fraction of sp³-hybridized carbons (Fsp3) is 0.321. The van der Waals surface area contributed by atoms with E-state index in [-0.39, 0.29) is 29.4 Å². The van der Waals surface area contributed by atoms with Crippen LogP contribution in [0.2, 0.25) is 0 Å². The number of carbonyl (C=O) groups is 1. The Labute approximate surface area is 231 Å². The van der Waals surface area contributed by atoms with Crippen molar-refractivity contribution >= 4 is 21.7 Å². The summed E-state index contributed by atoms with van der Waals surface area (Å²) in [6.07, 6.45) is -0.751. The molecule has 0 bridgehead atoms. The van der Waals surface area contributed by atoms with Gasteiger partial charge in [-0.1, -0.05) is 25.1 Å². The van der Waals surface area contributed by atoms with Crippen LogP contribution in [-0.2, 0) is 10.0 Å². The Morgan fingerprint density at radius 3 is 2.50 bits per heavy atom. The van der Waals surface area contributed by atoms with E-state index < -0.39 is 58.2 Å². The molecular formula is C28H30F3N3O5S. The predicted octanol–water partition coefficient (Wildman–Crippen LogP) is 4.70. The van der Waals surface area contributed by atoms with Crippen molar-refractivity contribution in [2.75, 3.05) is 32.1 Å². The lowest BCUT2D eigenvalue weighted by atomic mass is 10.0. The van der Waals surface area contributed by atoms with Crippen LogP contribution < -0.4 is 10.1 Å². The minimum absolute atomic E-state index is 0.00145. The molecule has 2 amide bonds. The second-order valence-corrected chi connectivity index (χ2v) is 11.7. The lowest BCUT2D eigenvalue weighted by Gasteiger charge is -2.37. The first-order valence-electron chi connectivity index (χ1n) is 12.6. The van der Waals surface area contributed by atoms with Crippen LogP contribution in [0.15, 0.2) is 65.6 Å². The summed E-state index contributed by atoms with van der Waals surface area (Å²) >= 11 is 0. The number of hydrogen-bond acceptors (Lipinski definition) is 5. The molecule has 3 aromatic rings. The Bertz CT molecular complexity index is 1500. The molecule has 1 heterocycles. The molecule has 0 radical (unpaired) electrons. The predicted molar refractivity (Wildman–Crippen MR) is 144 cm³/mol. The maximum atomic E-state index is 14.1. The zero-order chi connectivity index (χ0) is 29.2. The number of aliphatic hydroxyl groups is 1. The molecule has 0 aromatic heterocycles. The highest BCUT2D eigenvalue weighted by atomic mass is 32.2. The minimum atomic E-state index is -4.11. The van der Waals surface area contributed by atoms with E-state index in [0.29, 0.717) is 11.1 Å². The number of nitrogens with zero attached hydrogens (tertiary/aromatic N) is 2. The molecule has 0 fully saturated rings. The van der Waals surface area contributed by atoms with Crippen molar-refractivity contribution in [3.63, 3.8) is 0 Å². The van der Waals surface area contributed by atoms with Crippen molar-refractivity contribution in [3.05, 3.63) is 78.1 Å². The number of sulfonamides is 1. The molecule has 0 unspecified atom stereocenters. The fourth-order valence-corrected chi connectivity index (χ4v) is 6.27. The molecule has 1 aliphatic rings. The van der Waals surface area contributed by atoms with E-state index in [1.807, 2.05) is 0 Å². The van der Waals surface area contributed by atoms with Gasteiger partial charge in [0.1, 0.15) is 34.2 Å². The smallest absolute Gasteiger partial charge is 0.321 e. The number of halogens is 3. The van der Waals surface area contributed by atoms with Crippen LogP contribution in [-0.4, -0.2) is 67.7 Å². The van der Waals surface area contributed by atoms with Gasteiger partial charge in [0.15, 0.2) is 0 Å². The third kappa shape index (κ3) is 6.24. The van der Waals surface area contributed by atoms with Crippen molar-refractivity contribution < 1.29 is 36.2 Å². The van der Waals surface area contributed by atoms with Crippen molar-refractivity contribution in [1.29, 1.82) is 0 Å². The molecule has 3 atom stereocenters. The largest absolute Gasteiger partial charge is 0.487 e. The van der Waals surface area contributed by atoms with Gasteiger partial charge in [0, 0.05) is 31.6 Å². The van der Waals surface area contributed by atoms with E-state index in [0.717, 1.165) is 18.2 Å². The molecular weight excluding hydrogens is 547 g/mol. The molecule has 1 aliphatic heterocycles. The molecule has 0 spiro atoms. The quantitative estimate of drug-likeness (QED) is 0.443. The van der Waals surface area contributed by atoms with Crippen LogP contribution in [0.5, 0.6) is 5.75 Å². The van der Waals surface area contributed by atoms with Crippen LogP contribution in [0.3, 0.4) is 0 Å². The molecule has 3 aromatic carbocycles. The van der Waals surface area contributed by atoms with Crippen molar-refractivity contribution in [2.45, 2.75) is 30.9 Å². The summed E-state index contributed by atoms with van der Waals surface area (Å²) < 4.78 is 76.3. The van der Waals surface area contributed by atoms with Crippen LogP contribution in [0.4, 0.5) is 23.7 Å². The van der Waals surface area contributed by atoms with Gasteiger partial charge in [-0.3, -0.25) is 0 Å². The highest BCUT2D eigenvalue weighted by Crippen LogP contribution is 2.36. The van der Waals surface area contributed by atoms with E-state index >= 15 is 0 Å². The number of rotatable bonds is 6. The van der Waals surface area contributed by atoms with Gasteiger partial charge < -0.3 is 20.1 Å². The summed E-state index contributed by atoms with van der Waals surface area (Å²) in [6.45, 7) is 2.84. The van der Waals surface area contributed by atoms with Crippen LogP contribution in [0, 0.1) is 23.4 Å². The number of likely N-dealkylation sites (N-methyl/N-ethyl adjacent to an activating group) is 1. The van der Waals surface area contributed by atoms with Crippen LogP contribution in [0.1, 0.15) is 13.8 Å². The Kier molecular flexibility index (Phi) is 8.71. The van der Waals surface area contributed by atoms with Gasteiger partial charge in [-0.25, -0.2) is 26.4 Å². The van der Waals surface area contributed by atoms with Gasteiger partial charge in [0.05, 0.1) is 18.8 Å². The fourth-order valence-electron chi connectivity index (χ4n) is 4.45. The average Bonchev–Trinajstić information content (AvgIpc) is 2.91. The number of nitrogens with one attached hydrogen (secondary N) is 1. The Balaban J connectivity index is 1.69. The summed E-state index contributed by atoms with van der Waals surface area (Å²) in [5.74, 6) is -2.47. The zero-order valence-corrected chi connectivity index (χ0v) is 23.0. The second-order valence-electron chi connectivity index (χ2n) is 9.85.